The maximum absolute atomic E-state index is 12.9. The van der Waals surface area contributed by atoms with E-state index in [9.17, 15) is 9.59 Å². The van der Waals surface area contributed by atoms with Crippen molar-refractivity contribution in [2.45, 2.75) is 6.42 Å². The Morgan fingerprint density at radius 1 is 0.867 bits per heavy atom. The largest absolute Gasteiger partial charge is 0.493 e. The first-order valence-electron chi connectivity index (χ1n) is 9.42. The lowest BCUT2D eigenvalue weighted by Crippen LogP contribution is -2.27. The normalized spacial score (nSPS) is 10.4. The zero-order valence-electron chi connectivity index (χ0n) is 16.8. The maximum atomic E-state index is 12.9. The number of benzene rings is 3. The van der Waals surface area contributed by atoms with Gasteiger partial charge in [0.25, 0.3) is 5.91 Å². The molecule has 0 bridgehead atoms. The fourth-order valence-electron chi connectivity index (χ4n) is 3.09. The number of methoxy groups -OCH3 is 2. The lowest BCUT2D eigenvalue weighted by Gasteiger charge is -2.11. The van der Waals surface area contributed by atoms with Crippen LogP contribution in [0.25, 0.3) is 0 Å². The molecule has 5 nitrogen and oxygen atoms in total. The van der Waals surface area contributed by atoms with Gasteiger partial charge < -0.3 is 14.8 Å². The lowest BCUT2D eigenvalue weighted by molar-refractivity contribution is 0.0942. The molecule has 6 heteroatoms. The van der Waals surface area contributed by atoms with Crippen LogP contribution in [0.1, 0.15) is 31.8 Å². The van der Waals surface area contributed by atoms with Gasteiger partial charge in [-0.25, -0.2) is 0 Å². The summed E-state index contributed by atoms with van der Waals surface area (Å²) in [7, 11) is 3.17. The summed E-state index contributed by atoms with van der Waals surface area (Å²) in [4.78, 5) is 25.6. The molecule has 0 fully saturated rings. The van der Waals surface area contributed by atoms with Gasteiger partial charge >= 0.3 is 0 Å². The highest BCUT2D eigenvalue weighted by molar-refractivity contribution is 6.30. The Hall–Kier alpha value is -3.31. The summed E-state index contributed by atoms with van der Waals surface area (Å²) < 4.78 is 10.5. The van der Waals surface area contributed by atoms with Gasteiger partial charge in [0.15, 0.2) is 17.3 Å². The Balaban J connectivity index is 1.69. The van der Waals surface area contributed by atoms with Gasteiger partial charge in [0.1, 0.15) is 0 Å². The van der Waals surface area contributed by atoms with E-state index in [1.54, 1.807) is 62.8 Å². The van der Waals surface area contributed by atoms with E-state index in [2.05, 4.69) is 5.32 Å². The molecule has 0 saturated heterocycles. The fourth-order valence-corrected chi connectivity index (χ4v) is 3.21. The molecule has 0 atom stereocenters. The Morgan fingerprint density at radius 2 is 1.53 bits per heavy atom. The van der Waals surface area contributed by atoms with E-state index >= 15 is 0 Å². The second kappa shape index (κ2) is 9.94. The van der Waals surface area contributed by atoms with Gasteiger partial charge in [0.05, 0.1) is 19.8 Å². The minimum absolute atomic E-state index is 0.225. The fraction of sp³-hybridized carbons (Fsp3) is 0.167. The third kappa shape index (κ3) is 4.99. The maximum Gasteiger partial charge on any atom is 0.252 e. The summed E-state index contributed by atoms with van der Waals surface area (Å²) in [6.45, 7) is 0.414. The number of ether oxygens (including phenoxy) is 2. The number of ketones is 1. The summed E-state index contributed by atoms with van der Waals surface area (Å²) in [6.07, 6.45) is 0.611. The van der Waals surface area contributed by atoms with Crippen molar-refractivity contribution in [3.8, 4) is 11.5 Å². The number of amides is 1. The topological polar surface area (TPSA) is 64.6 Å². The number of rotatable bonds is 8. The highest BCUT2D eigenvalue weighted by Crippen LogP contribution is 2.27. The van der Waals surface area contributed by atoms with E-state index in [4.69, 9.17) is 21.1 Å². The average molecular weight is 424 g/mol. The first kappa shape index (κ1) is 21.4. The Labute approximate surface area is 180 Å². The molecule has 3 aromatic carbocycles. The summed E-state index contributed by atoms with van der Waals surface area (Å²) in [5.74, 6) is 0.769. The predicted molar refractivity (Wildman–Crippen MR) is 117 cm³/mol. The molecule has 0 aromatic heterocycles. The van der Waals surface area contributed by atoms with E-state index in [1.165, 1.54) is 0 Å². The molecule has 1 N–H and O–H groups in total. The van der Waals surface area contributed by atoms with Crippen LogP contribution in [-0.2, 0) is 6.42 Å². The van der Waals surface area contributed by atoms with E-state index in [0.717, 1.165) is 5.56 Å². The van der Waals surface area contributed by atoms with Crippen LogP contribution in [0.2, 0.25) is 5.02 Å². The molecule has 0 heterocycles. The van der Waals surface area contributed by atoms with E-state index in [-0.39, 0.29) is 11.7 Å². The van der Waals surface area contributed by atoms with Crippen molar-refractivity contribution in [2.24, 2.45) is 0 Å². The van der Waals surface area contributed by atoms with Crippen molar-refractivity contribution < 1.29 is 19.1 Å². The molecule has 0 aliphatic carbocycles. The van der Waals surface area contributed by atoms with Crippen molar-refractivity contribution >= 4 is 23.3 Å². The molecule has 3 rings (SSSR count). The van der Waals surface area contributed by atoms with E-state index in [0.29, 0.717) is 46.2 Å². The molecule has 0 spiro atoms. The van der Waals surface area contributed by atoms with Crippen molar-refractivity contribution in [3.63, 3.8) is 0 Å². The monoisotopic (exact) mass is 423 g/mol. The highest BCUT2D eigenvalue weighted by atomic mass is 35.5. The summed E-state index contributed by atoms with van der Waals surface area (Å²) in [5.41, 5.74) is 2.16. The zero-order chi connectivity index (χ0) is 21.5. The molecular weight excluding hydrogens is 402 g/mol. The Bertz CT molecular complexity index is 1050. The van der Waals surface area contributed by atoms with Crippen LogP contribution in [0.5, 0.6) is 11.5 Å². The molecule has 154 valence electrons. The molecule has 0 aliphatic rings. The quantitative estimate of drug-likeness (QED) is 0.539. The van der Waals surface area contributed by atoms with E-state index in [1.807, 2.05) is 18.2 Å². The van der Waals surface area contributed by atoms with Gasteiger partial charge in [-0.1, -0.05) is 35.9 Å². The molecule has 1 amide bonds. The zero-order valence-corrected chi connectivity index (χ0v) is 17.5. The SMILES string of the molecule is COc1ccc(CCNC(=O)c2ccccc2C(=O)c2ccc(Cl)cc2)cc1OC. The number of carbonyl (C=O) groups excluding carboxylic acids is 2. The smallest absolute Gasteiger partial charge is 0.252 e. The number of halogens is 1. The second-order valence-electron chi connectivity index (χ2n) is 6.58. The first-order valence-corrected chi connectivity index (χ1v) is 9.79. The van der Waals surface area contributed by atoms with Crippen LogP contribution in [-0.4, -0.2) is 32.5 Å². The van der Waals surface area contributed by atoms with Gasteiger partial charge in [-0.05, 0) is 54.4 Å². The van der Waals surface area contributed by atoms with Crippen LogP contribution in [0.4, 0.5) is 0 Å². The number of nitrogens with one attached hydrogen (secondary N) is 1. The van der Waals surface area contributed by atoms with Crippen LogP contribution in [0.3, 0.4) is 0 Å². The van der Waals surface area contributed by atoms with Crippen molar-refractivity contribution in [3.05, 3.63) is 94.0 Å². The second-order valence-corrected chi connectivity index (χ2v) is 7.01. The minimum Gasteiger partial charge on any atom is -0.493 e. The Morgan fingerprint density at radius 3 is 2.20 bits per heavy atom. The minimum atomic E-state index is -0.298. The summed E-state index contributed by atoms with van der Waals surface area (Å²) in [6, 6.07) is 19.0. The number of hydrogen-bond donors (Lipinski definition) is 1. The van der Waals surface area contributed by atoms with Gasteiger partial charge in [-0.2, -0.15) is 0 Å². The van der Waals surface area contributed by atoms with Gasteiger partial charge in [-0.3, -0.25) is 9.59 Å². The molecule has 3 aromatic rings. The molecular formula is C24H22ClNO4. The average Bonchev–Trinajstić information content (AvgIpc) is 2.78. The summed E-state index contributed by atoms with van der Waals surface area (Å²) >= 11 is 5.90. The van der Waals surface area contributed by atoms with E-state index < -0.39 is 0 Å². The van der Waals surface area contributed by atoms with Crippen LogP contribution < -0.4 is 14.8 Å². The third-order valence-electron chi connectivity index (χ3n) is 4.67. The van der Waals surface area contributed by atoms with Gasteiger partial charge in [0, 0.05) is 22.7 Å². The van der Waals surface area contributed by atoms with Crippen LogP contribution in [0.15, 0.2) is 66.7 Å². The van der Waals surface area contributed by atoms with Gasteiger partial charge in [0.2, 0.25) is 0 Å². The molecule has 0 unspecified atom stereocenters. The number of hydrogen-bond acceptors (Lipinski definition) is 4. The summed E-state index contributed by atoms with van der Waals surface area (Å²) in [5, 5.41) is 3.43. The molecule has 30 heavy (non-hydrogen) atoms. The Kier molecular flexibility index (Phi) is 7.09. The molecule has 0 saturated carbocycles. The molecule has 0 aliphatic heterocycles. The molecule has 0 radical (unpaired) electrons. The first-order chi connectivity index (χ1) is 14.5. The van der Waals surface area contributed by atoms with Gasteiger partial charge in [-0.15, -0.1) is 0 Å². The van der Waals surface area contributed by atoms with Crippen LogP contribution in [0, 0.1) is 0 Å². The van der Waals surface area contributed by atoms with Crippen molar-refractivity contribution in [2.75, 3.05) is 20.8 Å². The lowest BCUT2D eigenvalue weighted by atomic mass is 9.98. The number of carbonyl (C=O) groups is 2. The highest BCUT2D eigenvalue weighted by Gasteiger charge is 2.18. The predicted octanol–water partition coefficient (Wildman–Crippen LogP) is 4.56. The van der Waals surface area contributed by atoms with Crippen LogP contribution >= 0.6 is 11.6 Å². The van der Waals surface area contributed by atoms with Crippen molar-refractivity contribution in [1.82, 2.24) is 5.32 Å². The third-order valence-corrected chi connectivity index (χ3v) is 4.92. The standard InChI is InChI=1S/C24H22ClNO4/c1-29-21-12-7-16(15-22(21)30-2)13-14-26-24(28)20-6-4-3-5-19(20)23(27)17-8-10-18(25)11-9-17/h3-12,15H,13-14H2,1-2H3,(H,26,28). The van der Waals surface area contributed by atoms with Crippen molar-refractivity contribution in [1.29, 1.82) is 0 Å².